The average molecular weight is 1500 g/mol. The minimum atomic E-state index is -0.222. The number of anilines is 2. The molecule has 6 heterocycles. The molecule has 0 spiro atoms. The second-order valence-electron chi connectivity index (χ2n) is 27.6. The van der Waals surface area contributed by atoms with Crippen LogP contribution in [0.15, 0.2) is 146 Å². The molecule has 4 aromatic heterocycles. The number of rotatable bonds is 11. The number of imidazole rings is 2. The van der Waals surface area contributed by atoms with Crippen LogP contribution in [0.1, 0.15) is 147 Å². The van der Waals surface area contributed by atoms with Gasteiger partial charge in [0.05, 0.1) is 44.8 Å². The molecule has 0 amide bonds. The van der Waals surface area contributed by atoms with Gasteiger partial charge in [0.25, 0.3) is 12.7 Å². The van der Waals surface area contributed by atoms with Gasteiger partial charge < -0.3 is 38.4 Å². The largest absolute Gasteiger partial charge is 0.511 e. The van der Waals surface area contributed by atoms with Crippen molar-refractivity contribution in [3.8, 4) is 57.1 Å². The molecule has 2 saturated heterocycles. The van der Waals surface area contributed by atoms with Gasteiger partial charge in [-0.25, -0.2) is 0 Å². The molecule has 10 nitrogen and oxygen atoms in total. The van der Waals surface area contributed by atoms with Gasteiger partial charge in [-0.15, -0.1) is 47.8 Å². The summed E-state index contributed by atoms with van der Waals surface area (Å²) >= 11 is 0. The first-order valence-corrected chi connectivity index (χ1v) is 29.8. The fourth-order valence-electron chi connectivity index (χ4n) is 13.4. The molecule has 0 aliphatic carbocycles. The first kappa shape index (κ1) is 62.2. The minimum absolute atomic E-state index is 0. The Balaban J connectivity index is 0.00000410. The van der Waals surface area contributed by atoms with Gasteiger partial charge in [0.1, 0.15) is 0 Å². The van der Waals surface area contributed by atoms with Crippen molar-refractivity contribution in [3.63, 3.8) is 0 Å². The van der Waals surface area contributed by atoms with E-state index in [0.717, 1.165) is 81.6 Å². The van der Waals surface area contributed by atoms with Gasteiger partial charge in [-0.3, -0.25) is 9.13 Å². The fraction of sp³-hybridized carbons (Fsp3) is 0.351. The van der Waals surface area contributed by atoms with Crippen molar-refractivity contribution < 1.29 is 60.7 Å². The number of benzene rings is 6. The summed E-state index contributed by atoms with van der Waals surface area (Å²) in [6.07, 6.45) is 17.9. The molecule has 0 radical (unpaired) electrons. The van der Waals surface area contributed by atoms with Crippen molar-refractivity contribution >= 4 is 33.4 Å². The van der Waals surface area contributed by atoms with E-state index in [1.807, 2.05) is 0 Å². The van der Waals surface area contributed by atoms with Crippen LogP contribution < -0.4 is 28.4 Å². The van der Waals surface area contributed by atoms with Gasteiger partial charge in [-0.05, 0) is 153 Å². The number of aromatic nitrogens is 6. The van der Waals surface area contributed by atoms with Gasteiger partial charge in [0, 0.05) is 87.3 Å². The molecule has 0 bridgehead atoms. The molecule has 0 unspecified atom stereocenters. The SMILES string of the molecule is CC(C)(C)c1cc(Oc2[c-]c(-c3[c-]c(Oc4[c-]c(-[n+]5[c-]n(-c6ccccc6N6C(C)(C)CCCC6(C)C)c6ccccc65)cc(C(C)(C)C)c4)ccn3)ncc2)[c-]c(-[n+]2[c-]n(-c3ccccc3N3C(C)(C)CCCC3(C)C)c3ccccc32)c1.[Pt].[Pt]. The second kappa shape index (κ2) is 23.3. The number of pyridine rings is 2. The number of nitrogens with zero attached hydrogens (tertiary/aromatic N) is 8. The van der Waals surface area contributed by atoms with Gasteiger partial charge in [0.2, 0.25) is 0 Å². The van der Waals surface area contributed by atoms with E-state index in [1.165, 1.54) is 24.2 Å². The van der Waals surface area contributed by atoms with Crippen LogP contribution in [0.4, 0.5) is 11.4 Å². The van der Waals surface area contributed by atoms with Gasteiger partial charge in [-0.1, -0.05) is 114 Å². The molecule has 0 N–H and O–H groups in total. The Morgan fingerprint density at radius 3 is 1.12 bits per heavy atom. The maximum absolute atomic E-state index is 6.75. The minimum Gasteiger partial charge on any atom is -0.511 e. The normalized spacial score (nSPS) is 16.3. The van der Waals surface area contributed by atoms with Crippen molar-refractivity contribution in [2.45, 2.75) is 168 Å². The number of hydrogen-bond acceptors (Lipinski definition) is 6. The molecule has 10 aromatic rings. The zero-order chi connectivity index (χ0) is 59.1. The molecule has 6 aromatic carbocycles. The van der Waals surface area contributed by atoms with Gasteiger partial charge >= 0.3 is 0 Å². The number of hydrogen-bond donors (Lipinski definition) is 0. The van der Waals surface area contributed by atoms with E-state index in [1.54, 1.807) is 24.5 Å². The first-order valence-electron chi connectivity index (χ1n) is 29.8. The Morgan fingerprint density at radius 2 is 0.756 bits per heavy atom. The summed E-state index contributed by atoms with van der Waals surface area (Å²) < 4.78 is 22.1. The van der Waals surface area contributed by atoms with Crippen LogP contribution in [0.25, 0.3) is 56.2 Å². The van der Waals surface area contributed by atoms with Crippen molar-refractivity contribution in [1.29, 1.82) is 0 Å². The molecule has 2 aliphatic heterocycles. The van der Waals surface area contributed by atoms with Crippen molar-refractivity contribution in [1.82, 2.24) is 19.1 Å². The maximum Gasteiger partial charge on any atom is 0.268 e. The summed E-state index contributed by atoms with van der Waals surface area (Å²) in [6, 6.07) is 60.7. The second-order valence-corrected chi connectivity index (χ2v) is 27.6. The van der Waals surface area contributed by atoms with Crippen LogP contribution >= 0.6 is 0 Å². The third kappa shape index (κ3) is 12.0. The van der Waals surface area contributed by atoms with Crippen LogP contribution in [0.2, 0.25) is 0 Å². The third-order valence-electron chi connectivity index (χ3n) is 17.3. The molecule has 450 valence electrons. The van der Waals surface area contributed by atoms with Crippen LogP contribution in [0.3, 0.4) is 0 Å². The number of para-hydroxylation sites is 8. The summed E-state index contributed by atoms with van der Waals surface area (Å²) in [6.45, 7) is 32.3. The summed E-state index contributed by atoms with van der Waals surface area (Å²) in [5.41, 5.74) is 12.7. The smallest absolute Gasteiger partial charge is 0.268 e. The molecular formula is C74H78N8O2Pt2-4. The molecule has 2 aliphatic rings. The summed E-state index contributed by atoms with van der Waals surface area (Å²) in [4.78, 5) is 14.7. The number of fused-ring (bicyclic) bond motifs is 2. The molecular weight excluding hydrogens is 1420 g/mol. The van der Waals surface area contributed by atoms with E-state index in [9.17, 15) is 0 Å². The molecule has 12 rings (SSSR count). The molecule has 0 saturated carbocycles. The van der Waals surface area contributed by atoms with Crippen molar-refractivity contribution in [3.05, 3.63) is 194 Å². The van der Waals surface area contributed by atoms with E-state index >= 15 is 0 Å². The Morgan fingerprint density at radius 1 is 0.419 bits per heavy atom. The molecule has 0 atom stereocenters. The fourth-order valence-corrected chi connectivity index (χ4v) is 13.4. The van der Waals surface area contributed by atoms with Crippen LogP contribution in [0, 0.1) is 36.9 Å². The molecule has 2 fully saturated rings. The predicted molar refractivity (Wildman–Crippen MR) is 337 cm³/mol. The summed E-state index contributed by atoms with van der Waals surface area (Å²) in [5, 5.41) is 0. The van der Waals surface area contributed by atoms with Crippen LogP contribution in [-0.2, 0) is 53.0 Å². The average Bonchev–Trinajstić information content (AvgIpc) is 2.76. The van der Waals surface area contributed by atoms with Gasteiger partial charge in [0.15, 0.2) is 0 Å². The third-order valence-corrected chi connectivity index (χ3v) is 17.3. The zero-order valence-electron chi connectivity index (χ0n) is 52.1. The quantitative estimate of drug-likeness (QED) is 0.0949. The van der Waals surface area contributed by atoms with Gasteiger partial charge in [-0.2, -0.15) is 35.4 Å². The Labute approximate surface area is 538 Å². The monoisotopic (exact) mass is 1500 g/mol. The summed E-state index contributed by atoms with van der Waals surface area (Å²) in [7, 11) is 0. The van der Waals surface area contributed by atoms with Crippen molar-refractivity contribution in [2.24, 2.45) is 0 Å². The number of piperidine rings is 2. The van der Waals surface area contributed by atoms with Crippen LogP contribution in [-0.4, -0.2) is 41.3 Å². The van der Waals surface area contributed by atoms with Crippen molar-refractivity contribution in [2.75, 3.05) is 9.80 Å². The zero-order valence-corrected chi connectivity index (χ0v) is 56.7. The van der Waals surface area contributed by atoms with E-state index in [0.29, 0.717) is 34.4 Å². The predicted octanol–water partition coefficient (Wildman–Crippen LogP) is 16.7. The van der Waals surface area contributed by atoms with E-state index in [4.69, 9.17) is 19.4 Å². The molecule has 12 heteroatoms. The number of ether oxygens (including phenoxy) is 2. The Hall–Kier alpha value is -6.86. The maximum atomic E-state index is 6.75. The summed E-state index contributed by atoms with van der Waals surface area (Å²) in [5.74, 6) is 2.00. The Bertz CT molecular complexity index is 3830. The topological polar surface area (TPSA) is 68.3 Å². The standard InChI is InChI=1S/C74H78N8O2.2Pt/c1-69(2,3)51-41-53(77-49-79(63-27-17-15-25-61(63)77)65-29-19-21-31-67(65)81-71(7,8)35-23-36-72(81,9)10)45-57(43-51)83-55-33-39-75-59(47-55)60-48-56(34-40-76-60)84-58-44-52(70(4,5)6)42-54(46-58)78-50-80(64-28-18-16-26-62(64)78)66-30-20-22-32-68(66)82-73(11,12)37-24-38-74(82,13)14;;/h15-22,25-34,39-44H,23-24,35-38H2,1-14H3;;/q-4;;. The van der Waals surface area contributed by atoms with E-state index in [2.05, 4.69) is 283 Å². The van der Waals surface area contributed by atoms with E-state index < -0.39 is 0 Å². The van der Waals surface area contributed by atoms with Crippen LogP contribution in [0.5, 0.6) is 23.0 Å². The first-order chi connectivity index (χ1) is 39.8. The van der Waals surface area contributed by atoms with E-state index in [-0.39, 0.29) is 75.1 Å². The molecule has 86 heavy (non-hydrogen) atoms. The Kier molecular flexibility index (Phi) is 16.9.